The number of carbonyl (C=O) groups is 2. The van der Waals surface area contributed by atoms with Gasteiger partial charge in [0.25, 0.3) is 5.91 Å². The normalized spacial score (nSPS) is 15.4. The highest BCUT2D eigenvalue weighted by molar-refractivity contribution is 9.10. The monoisotopic (exact) mass is 474 g/mol. The summed E-state index contributed by atoms with van der Waals surface area (Å²) in [6.45, 7) is 3.06. The standard InChI is InChI=1S/C23H27BrN2O4/c1-15(20-6-4-5-7-21(20)24)25-22(27)16-8-10-26(11-9-16)23(28)17-12-18(29-2)14-19(13-17)30-3/h4-7,12-16H,8-11H2,1-3H3,(H,25,27). The summed E-state index contributed by atoms with van der Waals surface area (Å²) in [4.78, 5) is 27.5. The predicted octanol–water partition coefficient (Wildman–Crippen LogP) is 4.20. The summed E-state index contributed by atoms with van der Waals surface area (Å²) in [6, 6.07) is 12.9. The van der Waals surface area contributed by atoms with Crippen molar-refractivity contribution >= 4 is 27.7 Å². The number of likely N-dealkylation sites (tertiary alicyclic amines) is 1. The lowest BCUT2D eigenvalue weighted by Crippen LogP contribution is -2.43. The molecule has 1 fully saturated rings. The molecule has 1 aliphatic rings. The zero-order chi connectivity index (χ0) is 21.7. The van der Waals surface area contributed by atoms with Gasteiger partial charge in [-0.2, -0.15) is 0 Å². The van der Waals surface area contributed by atoms with Crippen LogP contribution in [0.25, 0.3) is 0 Å². The molecule has 0 radical (unpaired) electrons. The quantitative estimate of drug-likeness (QED) is 0.681. The maximum absolute atomic E-state index is 12.9. The molecule has 2 aromatic rings. The van der Waals surface area contributed by atoms with Gasteiger partial charge in [0.2, 0.25) is 5.91 Å². The third kappa shape index (κ3) is 5.14. The van der Waals surface area contributed by atoms with Gasteiger partial charge in [-0.25, -0.2) is 0 Å². The Hall–Kier alpha value is -2.54. The number of piperidine rings is 1. The van der Waals surface area contributed by atoms with Crippen molar-refractivity contribution in [3.8, 4) is 11.5 Å². The number of methoxy groups -OCH3 is 2. The summed E-state index contributed by atoms with van der Waals surface area (Å²) >= 11 is 3.54. The van der Waals surface area contributed by atoms with Crippen molar-refractivity contribution in [3.63, 3.8) is 0 Å². The average molecular weight is 475 g/mol. The minimum atomic E-state index is -0.0983. The summed E-state index contributed by atoms with van der Waals surface area (Å²) in [6.07, 6.45) is 1.28. The van der Waals surface area contributed by atoms with Gasteiger partial charge in [0.15, 0.2) is 0 Å². The highest BCUT2D eigenvalue weighted by atomic mass is 79.9. The van der Waals surface area contributed by atoms with Crippen molar-refractivity contribution < 1.29 is 19.1 Å². The van der Waals surface area contributed by atoms with Crippen molar-refractivity contribution in [3.05, 3.63) is 58.1 Å². The highest BCUT2D eigenvalue weighted by Crippen LogP contribution is 2.27. The second-order valence-corrected chi connectivity index (χ2v) is 8.27. The maximum Gasteiger partial charge on any atom is 0.254 e. The van der Waals surface area contributed by atoms with E-state index in [0.29, 0.717) is 43.0 Å². The van der Waals surface area contributed by atoms with Crippen molar-refractivity contribution in [2.45, 2.75) is 25.8 Å². The molecule has 0 aliphatic carbocycles. The van der Waals surface area contributed by atoms with Gasteiger partial charge in [-0.15, -0.1) is 0 Å². The van der Waals surface area contributed by atoms with Crippen LogP contribution in [0.2, 0.25) is 0 Å². The summed E-state index contributed by atoms with van der Waals surface area (Å²) in [7, 11) is 3.12. The molecule has 0 saturated carbocycles. The molecule has 1 atom stereocenters. The van der Waals surface area contributed by atoms with Crippen LogP contribution in [-0.4, -0.2) is 44.0 Å². The minimum absolute atomic E-state index is 0.0356. The van der Waals surface area contributed by atoms with Crippen LogP contribution in [0, 0.1) is 5.92 Å². The molecule has 1 saturated heterocycles. The van der Waals surface area contributed by atoms with E-state index in [9.17, 15) is 9.59 Å². The van der Waals surface area contributed by atoms with Crippen LogP contribution in [0.1, 0.15) is 41.7 Å². The lowest BCUT2D eigenvalue weighted by molar-refractivity contribution is -0.127. The van der Waals surface area contributed by atoms with Gasteiger partial charge in [-0.1, -0.05) is 34.1 Å². The van der Waals surface area contributed by atoms with Crippen LogP contribution < -0.4 is 14.8 Å². The third-order valence-corrected chi connectivity index (χ3v) is 6.20. The molecule has 2 amide bonds. The number of halogens is 1. The first-order valence-electron chi connectivity index (χ1n) is 10.00. The summed E-state index contributed by atoms with van der Waals surface area (Å²) < 4.78 is 11.5. The zero-order valence-corrected chi connectivity index (χ0v) is 19.1. The Bertz CT molecular complexity index is 888. The molecular weight excluding hydrogens is 448 g/mol. The molecule has 1 heterocycles. The summed E-state index contributed by atoms with van der Waals surface area (Å²) in [5.74, 6) is 1.01. The number of nitrogens with one attached hydrogen (secondary N) is 1. The fourth-order valence-electron chi connectivity index (χ4n) is 3.69. The van der Waals surface area contributed by atoms with E-state index in [0.717, 1.165) is 10.0 Å². The third-order valence-electron chi connectivity index (χ3n) is 5.48. The smallest absolute Gasteiger partial charge is 0.254 e. The van der Waals surface area contributed by atoms with Crippen LogP contribution in [-0.2, 0) is 4.79 Å². The van der Waals surface area contributed by atoms with E-state index >= 15 is 0 Å². The van der Waals surface area contributed by atoms with E-state index in [1.54, 1.807) is 37.3 Å². The average Bonchev–Trinajstić information content (AvgIpc) is 2.78. The van der Waals surface area contributed by atoms with E-state index in [4.69, 9.17) is 9.47 Å². The molecule has 3 rings (SSSR count). The lowest BCUT2D eigenvalue weighted by atomic mass is 9.94. The largest absolute Gasteiger partial charge is 0.497 e. The van der Waals surface area contributed by atoms with Crippen LogP contribution in [0.4, 0.5) is 0 Å². The van der Waals surface area contributed by atoms with Crippen molar-refractivity contribution in [1.82, 2.24) is 10.2 Å². The number of hydrogen-bond donors (Lipinski definition) is 1. The zero-order valence-electron chi connectivity index (χ0n) is 17.5. The number of carbonyl (C=O) groups excluding carboxylic acids is 2. The Kier molecular flexibility index (Phi) is 7.37. The Morgan fingerprint density at radius 1 is 1.07 bits per heavy atom. The molecule has 1 aliphatic heterocycles. The summed E-state index contributed by atoms with van der Waals surface area (Å²) in [5.41, 5.74) is 1.57. The van der Waals surface area contributed by atoms with E-state index in [1.807, 2.05) is 31.2 Å². The number of amides is 2. The van der Waals surface area contributed by atoms with Crippen LogP contribution in [0.3, 0.4) is 0 Å². The number of hydrogen-bond acceptors (Lipinski definition) is 4. The number of benzene rings is 2. The molecule has 0 aromatic heterocycles. The van der Waals surface area contributed by atoms with Gasteiger partial charge in [-0.3, -0.25) is 9.59 Å². The maximum atomic E-state index is 12.9. The molecule has 6 nitrogen and oxygen atoms in total. The summed E-state index contributed by atoms with van der Waals surface area (Å²) in [5, 5.41) is 3.11. The van der Waals surface area contributed by atoms with Gasteiger partial charge in [0, 0.05) is 35.1 Å². The fourth-order valence-corrected chi connectivity index (χ4v) is 4.32. The van der Waals surface area contributed by atoms with E-state index in [2.05, 4.69) is 21.2 Å². The van der Waals surface area contributed by atoms with Crippen LogP contribution in [0.5, 0.6) is 11.5 Å². The SMILES string of the molecule is COc1cc(OC)cc(C(=O)N2CCC(C(=O)NC(C)c3ccccc3Br)CC2)c1. The van der Waals surface area contributed by atoms with Crippen molar-refractivity contribution in [1.29, 1.82) is 0 Å². The van der Waals surface area contributed by atoms with Crippen LogP contribution in [0.15, 0.2) is 46.9 Å². The molecule has 1 unspecified atom stereocenters. The molecule has 0 bridgehead atoms. The van der Waals surface area contributed by atoms with Crippen molar-refractivity contribution in [2.24, 2.45) is 5.92 Å². The topological polar surface area (TPSA) is 67.9 Å². The van der Waals surface area contributed by atoms with Gasteiger partial charge in [0.05, 0.1) is 20.3 Å². The second kappa shape index (κ2) is 9.98. The Balaban J connectivity index is 1.58. The molecule has 7 heteroatoms. The molecule has 160 valence electrons. The van der Waals surface area contributed by atoms with E-state index < -0.39 is 0 Å². The Labute approximate surface area is 185 Å². The van der Waals surface area contributed by atoms with E-state index in [1.165, 1.54) is 0 Å². The number of rotatable bonds is 6. The predicted molar refractivity (Wildman–Crippen MR) is 119 cm³/mol. The minimum Gasteiger partial charge on any atom is -0.497 e. The molecule has 1 N–H and O–H groups in total. The Morgan fingerprint density at radius 2 is 1.67 bits per heavy atom. The van der Waals surface area contributed by atoms with Crippen LogP contribution >= 0.6 is 15.9 Å². The van der Waals surface area contributed by atoms with E-state index in [-0.39, 0.29) is 23.8 Å². The number of ether oxygens (including phenoxy) is 2. The molecule has 2 aromatic carbocycles. The highest BCUT2D eigenvalue weighted by Gasteiger charge is 2.29. The first kappa shape index (κ1) is 22.2. The first-order valence-corrected chi connectivity index (χ1v) is 10.8. The molecular formula is C23H27BrN2O4. The van der Waals surface area contributed by atoms with Gasteiger partial charge >= 0.3 is 0 Å². The van der Waals surface area contributed by atoms with Crippen molar-refractivity contribution in [2.75, 3.05) is 27.3 Å². The number of nitrogens with zero attached hydrogens (tertiary/aromatic N) is 1. The Morgan fingerprint density at radius 3 is 2.23 bits per heavy atom. The lowest BCUT2D eigenvalue weighted by Gasteiger charge is -2.32. The molecule has 0 spiro atoms. The van der Waals surface area contributed by atoms with Gasteiger partial charge in [0.1, 0.15) is 11.5 Å². The first-order chi connectivity index (χ1) is 14.4. The second-order valence-electron chi connectivity index (χ2n) is 7.42. The van der Waals surface area contributed by atoms with Gasteiger partial charge in [-0.05, 0) is 43.5 Å². The van der Waals surface area contributed by atoms with Gasteiger partial charge < -0.3 is 19.7 Å². The molecule has 30 heavy (non-hydrogen) atoms. The fraction of sp³-hybridized carbons (Fsp3) is 0.391.